The van der Waals surface area contributed by atoms with E-state index in [2.05, 4.69) is 29.4 Å². The van der Waals surface area contributed by atoms with Gasteiger partial charge in [-0.25, -0.2) is 9.67 Å². The smallest absolute Gasteiger partial charge is 0.252 e. The molecule has 148 valence electrons. The number of nitrogens with one attached hydrogen (secondary N) is 1. The Labute approximate surface area is 169 Å². The summed E-state index contributed by atoms with van der Waals surface area (Å²) >= 11 is 0. The van der Waals surface area contributed by atoms with E-state index >= 15 is 0 Å². The van der Waals surface area contributed by atoms with E-state index in [4.69, 9.17) is 4.98 Å². The lowest BCUT2D eigenvalue weighted by Gasteiger charge is -2.11. The van der Waals surface area contributed by atoms with Crippen molar-refractivity contribution in [1.82, 2.24) is 29.9 Å². The Balaban J connectivity index is 1.62. The summed E-state index contributed by atoms with van der Waals surface area (Å²) in [6.07, 6.45) is 6.21. The number of benzene rings is 1. The van der Waals surface area contributed by atoms with E-state index < -0.39 is 0 Å². The molecule has 3 aromatic heterocycles. The van der Waals surface area contributed by atoms with Gasteiger partial charge in [-0.3, -0.25) is 9.48 Å². The van der Waals surface area contributed by atoms with E-state index in [0.717, 1.165) is 35.3 Å². The second kappa shape index (κ2) is 8.26. The molecule has 0 saturated heterocycles. The summed E-state index contributed by atoms with van der Waals surface area (Å²) < 4.78 is 3.72. The van der Waals surface area contributed by atoms with Gasteiger partial charge in [0.1, 0.15) is 0 Å². The van der Waals surface area contributed by atoms with E-state index in [1.807, 2.05) is 58.0 Å². The van der Waals surface area contributed by atoms with Gasteiger partial charge in [-0.1, -0.05) is 30.3 Å². The van der Waals surface area contributed by atoms with Crippen LogP contribution in [0.3, 0.4) is 0 Å². The van der Waals surface area contributed by atoms with Crippen molar-refractivity contribution in [1.29, 1.82) is 0 Å². The molecule has 7 nitrogen and oxygen atoms in total. The molecule has 7 heteroatoms. The molecule has 0 radical (unpaired) electrons. The van der Waals surface area contributed by atoms with Crippen molar-refractivity contribution >= 4 is 16.9 Å². The number of rotatable bonds is 7. The van der Waals surface area contributed by atoms with Crippen molar-refractivity contribution in [2.45, 2.75) is 32.9 Å². The van der Waals surface area contributed by atoms with E-state index in [1.54, 1.807) is 12.4 Å². The number of aromatic nitrogens is 5. The maximum atomic E-state index is 13.0. The van der Waals surface area contributed by atoms with Gasteiger partial charge in [-0.05, 0) is 32.4 Å². The van der Waals surface area contributed by atoms with Crippen LogP contribution in [0.4, 0.5) is 0 Å². The van der Waals surface area contributed by atoms with Crippen molar-refractivity contribution in [3.8, 4) is 11.3 Å². The Hall–Kier alpha value is -3.48. The molecule has 0 saturated carbocycles. The minimum atomic E-state index is -0.113. The Morgan fingerprint density at radius 2 is 1.97 bits per heavy atom. The molecule has 1 aromatic carbocycles. The molecule has 0 bridgehead atoms. The average Bonchev–Trinajstić information content (AvgIpc) is 3.40. The standard InChI is InChI=1S/C22H24N6O/c1-16(2)28-21-19(15-25-28)18(14-20(26-21)17-8-4-3-5-9-17)22(29)23-10-6-12-27-13-7-11-24-27/h3-5,7-9,11,13-16H,6,10,12H2,1-2H3,(H,23,29). The van der Waals surface area contributed by atoms with Gasteiger partial charge >= 0.3 is 0 Å². The molecule has 1 amide bonds. The summed E-state index contributed by atoms with van der Waals surface area (Å²) in [4.78, 5) is 17.8. The molecule has 0 aliphatic heterocycles. The second-order valence-corrected chi connectivity index (χ2v) is 7.22. The van der Waals surface area contributed by atoms with E-state index in [1.165, 1.54) is 0 Å². The predicted molar refractivity (Wildman–Crippen MR) is 113 cm³/mol. The first-order valence-corrected chi connectivity index (χ1v) is 9.83. The summed E-state index contributed by atoms with van der Waals surface area (Å²) in [7, 11) is 0. The second-order valence-electron chi connectivity index (χ2n) is 7.22. The summed E-state index contributed by atoms with van der Waals surface area (Å²) in [6.45, 7) is 5.44. The van der Waals surface area contributed by atoms with Crippen LogP contribution in [0.25, 0.3) is 22.3 Å². The zero-order valence-corrected chi connectivity index (χ0v) is 16.6. The first-order chi connectivity index (χ1) is 14.1. The van der Waals surface area contributed by atoms with Crippen molar-refractivity contribution < 1.29 is 4.79 Å². The molecule has 4 rings (SSSR count). The predicted octanol–water partition coefficient (Wildman–Crippen LogP) is 3.70. The number of hydrogen-bond donors (Lipinski definition) is 1. The van der Waals surface area contributed by atoms with E-state index in [0.29, 0.717) is 12.1 Å². The normalized spacial score (nSPS) is 11.3. The summed E-state index contributed by atoms with van der Waals surface area (Å²) in [5, 5.41) is 12.4. The first-order valence-electron chi connectivity index (χ1n) is 9.83. The number of fused-ring (bicyclic) bond motifs is 1. The molecular weight excluding hydrogens is 364 g/mol. The quantitative estimate of drug-likeness (QED) is 0.490. The van der Waals surface area contributed by atoms with Gasteiger partial charge in [-0.2, -0.15) is 10.2 Å². The van der Waals surface area contributed by atoms with E-state index in [-0.39, 0.29) is 11.9 Å². The largest absolute Gasteiger partial charge is 0.352 e. The molecule has 0 spiro atoms. The molecular formula is C22H24N6O. The Morgan fingerprint density at radius 1 is 1.14 bits per heavy atom. The van der Waals surface area contributed by atoms with E-state index in [9.17, 15) is 4.79 Å². The van der Waals surface area contributed by atoms with Crippen LogP contribution in [-0.4, -0.2) is 37.0 Å². The van der Waals surface area contributed by atoms with Crippen molar-refractivity contribution in [3.63, 3.8) is 0 Å². The van der Waals surface area contributed by atoms with Crippen LogP contribution in [-0.2, 0) is 6.54 Å². The van der Waals surface area contributed by atoms with Crippen molar-refractivity contribution in [2.75, 3.05) is 6.54 Å². The number of carbonyl (C=O) groups excluding carboxylic acids is 1. The Bertz CT molecular complexity index is 1100. The fourth-order valence-corrected chi connectivity index (χ4v) is 3.31. The van der Waals surface area contributed by atoms with Crippen LogP contribution in [0.5, 0.6) is 0 Å². The third kappa shape index (κ3) is 4.03. The molecule has 29 heavy (non-hydrogen) atoms. The van der Waals surface area contributed by atoms with Crippen LogP contribution < -0.4 is 5.32 Å². The molecule has 0 unspecified atom stereocenters. The molecule has 0 atom stereocenters. The highest BCUT2D eigenvalue weighted by Gasteiger charge is 2.18. The number of nitrogens with zero attached hydrogens (tertiary/aromatic N) is 5. The lowest BCUT2D eigenvalue weighted by Crippen LogP contribution is -2.25. The number of pyridine rings is 1. The average molecular weight is 388 g/mol. The Morgan fingerprint density at radius 3 is 2.69 bits per heavy atom. The fraction of sp³-hybridized carbons (Fsp3) is 0.273. The SMILES string of the molecule is CC(C)n1ncc2c(C(=O)NCCCn3cccn3)cc(-c3ccccc3)nc21. The van der Waals surface area contributed by atoms with Gasteiger partial charge in [0.15, 0.2) is 5.65 Å². The van der Waals surface area contributed by atoms with Gasteiger partial charge < -0.3 is 5.32 Å². The molecule has 3 heterocycles. The van der Waals surface area contributed by atoms with Gasteiger partial charge in [-0.15, -0.1) is 0 Å². The molecule has 0 fully saturated rings. The van der Waals surface area contributed by atoms with Crippen LogP contribution >= 0.6 is 0 Å². The van der Waals surface area contributed by atoms with Crippen LogP contribution in [0, 0.1) is 0 Å². The highest BCUT2D eigenvalue weighted by atomic mass is 16.1. The minimum absolute atomic E-state index is 0.113. The molecule has 0 aliphatic carbocycles. The monoisotopic (exact) mass is 388 g/mol. The van der Waals surface area contributed by atoms with Crippen LogP contribution in [0.2, 0.25) is 0 Å². The lowest BCUT2D eigenvalue weighted by atomic mass is 10.1. The maximum Gasteiger partial charge on any atom is 0.252 e. The van der Waals surface area contributed by atoms with Crippen molar-refractivity contribution in [2.24, 2.45) is 0 Å². The molecule has 4 aromatic rings. The minimum Gasteiger partial charge on any atom is -0.352 e. The van der Waals surface area contributed by atoms with Gasteiger partial charge in [0.05, 0.1) is 22.8 Å². The molecule has 1 N–H and O–H groups in total. The van der Waals surface area contributed by atoms with Crippen LogP contribution in [0.15, 0.2) is 61.1 Å². The third-order valence-electron chi connectivity index (χ3n) is 4.78. The first kappa shape index (κ1) is 18.9. The number of hydrogen-bond acceptors (Lipinski definition) is 4. The maximum absolute atomic E-state index is 13.0. The third-order valence-corrected chi connectivity index (χ3v) is 4.78. The summed E-state index contributed by atoms with van der Waals surface area (Å²) in [6, 6.07) is 13.8. The Kier molecular flexibility index (Phi) is 5.37. The number of amides is 1. The summed E-state index contributed by atoms with van der Waals surface area (Å²) in [5.41, 5.74) is 3.06. The lowest BCUT2D eigenvalue weighted by molar-refractivity contribution is 0.0954. The highest BCUT2D eigenvalue weighted by molar-refractivity contribution is 6.06. The topological polar surface area (TPSA) is 77.6 Å². The van der Waals surface area contributed by atoms with Gasteiger partial charge in [0.25, 0.3) is 5.91 Å². The van der Waals surface area contributed by atoms with Crippen molar-refractivity contribution in [3.05, 3.63) is 66.6 Å². The van der Waals surface area contributed by atoms with Gasteiger partial charge in [0, 0.05) is 37.1 Å². The van der Waals surface area contributed by atoms with Gasteiger partial charge in [0.2, 0.25) is 0 Å². The molecule has 0 aliphatic rings. The zero-order chi connectivity index (χ0) is 20.2. The summed E-state index contributed by atoms with van der Waals surface area (Å²) in [5.74, 6) is -0.113. The fourth-order valence-electron chi connectivity index (χ4n) is 3.31. The zero-order valence-electron chi connectivity index (χ0n) is 16.6. The highest BCUT2D eigenvalue weighted by Crippen LogP contribution is 2.26. The van der Waals surface area contributed by atoms with Crippen LogP contribution in [0.1, 0.15) is 36.7 Å². The number of aryl methyl sites for hydroxylation is 1. The number of carbonyl (C=O) groups is 1.